The van der Waals surface area contributed by atoms with Crippen molar-refractivity contribution in [3.8, 4) is 5.88 Å². The fourth-order valence-electron chi connectivity index (χ4n) is 2.31. The van der Waals surface area contributed by atoms with Crippen LogP contribution < -0.4 is 9.64 Å². The molecule has 8 nitrogen and oxygen atoms in total. The molecule has 1 aliphatic heterocycles. The molecular formula is C13H14N4O4. The highest BCUT2D eigenvalue weighted by molar-refractivity contribution is 5.91. The first-order valence-corrected chi connectivity index (χ1v) is 6.52. The van der Waals surface area contributed by atoms with Crippen LogP contribution in [0.5, 0.6) is 5.88 Å². The molecule has 1 aliphatic rings. The van der Waals surface area contributed by atoms with Crippen molar-refractivity contribution in [2.24, 2.45) is 0 Å². The van der Waals surface area contributed by atoms with E-state index in [1.165, 1.54) is 13.2 Å². The van der Waals surface area contributed by atoms with E-state index in [0.29, 0.717) is 43.5 Å². The fourth-order valence-corrected chi connectivity index (χ4v) is 2.31. The molecule has 1 saturated heterocycles. The molecule has 0 N–H and O–H groups in total. The smallest absolute Gasteiger partial charge is 0.295 e. The van der Waals surface area contributed by atoms with Crippen LogP contribution in [0, 0.1) is 10.1 Å². The van der Waals surface area contributed by atoms with E-state index in [1.807, 2.05) is 4.90 Å². The second-order valence-corrected chi connectivity index (χ2v) is 4.56. The minimum absolute atomic E-state index is 0.0530. The van der Waals surface area contributed by atoms with Crippen molar-refractivity contribution in [2.75, 3.05) is 38.3 Å². The van der Waals surface area contributed by atoms with Gasteiger partial charge in [-0.2, -0.15) is 4.98 Å². The Kier molecular flexibility index (Phi) is 3.53. The van der Waals surface area contributed by atoms with Crippen LogP contribution in [0.4, 0.5) is 11.6 Å². The zero-order valence-electron chi connectivity index (χ0n) is 11.5. The second kappa shape index (κ2) is 5.49. The van der Waals surface area contributed by atoms with E-state index < -0.39 is 4.92 Å². The molecule has 1 fully saturated rings. The Morgan fingerprint density at radius 2 is 2.10 bits per heavy atom. The molecule has 1 aromatic heterocycles. The van der Waals surface area contributed by atoms with Gasteiger partial charge in [0, 0.05) is 19.2 Å². The first-order chi connectivity index (χ1) is 10.2. The molecule has 21 heavy (non-hydrogen) atoms. The first-order valence-electron chi connectivity index (χ1n) is 6.52. The van der Waals surface area contributed by atoms with Crippen LogP contribution in [0.25, 0.3) is 10.9 Å². The molecule has 3 rings (SSSR count). The highest BCUT2D eigenvalue weighted by Crippen LogP contribution is 2.31. The topological polar surface area (TPSA) is 90.6 Å². The lowest BCUT2D eigenvalue weighted by molar-refractivity contribution is -0.383. The normalized spacial score (nSPS) is 15.2. The zero-order chi connectivity index (χ0) is 14.8. The second-order valence-electron chi connectivity index (χ2n) is 4.56. The van der Waals surface area contributed by atoms with Gasteiger partial charge in [-0.1, -0.05) is 6.07 Å². The lowest BCUT2D eigenvalue weighted by atomic mass is 10.2. The van der Waals surface area contributed by atoms with E-state index in [4.69, 9.17) is 9.47 Å². The van der Waals surface area contributed by atoms with Crippen molar-refractivity contribution in [3.63, 3.8) is 0 Å². The molecule has 2 heterocycles. The molecule has 0 atom stereocenters. The largest absolute Gasteiger partial charge is 0.480 e. The van der Waals surface area contributed by atoms with Gasteiger partial charge in [0.15, 0.2) is 5.52 Å². The van der Waals surface area contributed by atoms with Gasteiger partial charge in [-0.05, 0) is 6.07 Å². The lowest BCUT2D eigenvalue weighted by Gasteiger charge is -2.27. The van der Waals surface area contributed by atoms with Gasteiger partial charge >= 0.3 is 0 Å². The summed E-state index contributed by atoms with van der Waals surface area (Å²) < 4.78 is 10.6. The molecule has 0 saturated carbocycles. The molecule has 0 amide bonds. The van der Waals surface area contributed by atoms with E-state index >= 15 is 0 Å². The van der Waals surface area contributed by atoms with E-state index in [9.17, 15) is 10.1 Å². The molecule has 110 valence electrons. The van der Waals surface area contributed by atoms with Gasteiger partial charge in [-0.25, -0.2) is 4.98 Å². The number of aromatic nitrogens is 2. The zero-order valence-corrected chi connectivity index (χ0v) is 11.5. The van der Waals surface area contributed by atoms with Crippen LogP contribution in [-0.4, -0.2) is 48.3 Å². The minimum atomic E-state index is -0.447. The number of anilines is 1. The molecule has 0 radical (unpaired) electrons. The van der Waals surface area contributed by atoms with Crippen molar-refractivity contribution >= 4 is 22.5 Å². The molecule has 8 heteroatoms. The number of para-hydroxylation sites is 1. The number of benzene rings is 1. The summed E-state index contributed by atoms with van der Waals surface area (Å²) >= 11 is 0. The van der Waals surface area contributed by atoms with Crippen LogP contribution in [-0.2, 0) is 4.74 Å². The molecule has 0 spiro atoms. The van der Waals surface area contributed by atoms with Crippen LogP contribution in [0.2, 0.25) is 0 Å². The Bertz CT molecular complexity index is 685. The van der Waals surface area contributed by atoms with E-state index in [1.54, 1.807) is 12.1 Å². The summed E-state index contributed by atoms with van der Waals surface area (Å²) in [7, 11) is 1.49. The number of morpholine rings is 1. The molecule has 2 aromatic rings. The van der Waals surface area contributed by atoms with Gasteiger partial charge in [0.1, 0.15) is 0 Å². The van der Waals surface area contributed by atoms with Crippen LogP contribution in [0.15, 0.2) is 18.2 Å². The maximum atomic E-state index is 11.2. The molecule has 0 bridgehead atoms. The number of nitrogens with zero attached hydrogens (tertiary/aromatic N) is 4. The van der Waals surface area contributed by atoms with Crippen molar-refractivity contribution < 1.29 is 14.4 Å². The number of hydrogen-bond donors (Lipinski definition) is 0. The van der Waals surface area contributed by atoms with Crippen LogP contribution in [0.3, 0.4) is 0 Å². The van der Waals surface area contributed by atoms with Gasteiger partial charge < -0.3 is 14.4 Å². The quantitative estimate of drug-likeness (QED) is 0.623. The number of fused-ring (bicyclic) bond motifs is 1. The van der Waals surface area contributed by atoms with Crippen molar-refractivity contribution in [1.82, 2.24) is 9.97 Å². The lowest BCUT2D eigenvalue weighted by Crippen LogP contribution is -2.37. The number of nitro groups is 1. The summed E-state index contributed by atoms with van der Waals surface area (Å²) in [6.07, 6.45) is 0. The van der Waals surface area contributed by atoms with Gasteiger partial charge in [-0.3, -0.25) is 10.1 Å². The van der Waals surface area contributed by atoms with Gasteiger partial charge in [0.05, 0.1) is 30.6 Å². The Morgan fingerprint density at radius 3 is 2.76 bits per heavy atom. The predicted molar refractivity (Wildman–Crippen MR) is 75.8 cm³/mol. The van der Waals surface area contributed by atoms with E-state index in [0.717, 1.165) is 0 Å². The average molecular weight is 290 g/mol. The molecular weight excluding hydrogens is 276 g/mol. The predicted octanol–water partition coefficient (Wildman–Crippen LogP) is 1.38. The summed E-state index contributed by atoms with van der Waals surface area (Å²) in [5.74, 6) is 0.766. The number of non-ortho nitro benzene ring substituents is 1. The summed E-state index contributed by atoms with van der Waals surface area (Å²) in [6, 6.07) is 4.74. The summed E-state index contributed by atoms with van der Waals surface area (Å²) in [6.45, 7) is 2.46. The molecule has 1 aromatic carbocycles. The third-order valence-corrected chi connectivity index (χ3v) is 3.34. The summed E-state index contributed by atoms with van der Waals surface area (Å²) in [5.41, 5.74) is 0.235. The number of hydrogen-bond acceptors (Lipinski definition) is 7. The standard InChI is InChI=1S/C13H14N4O4/c1-20-12-9-3-2-4-10(17(18)19)11(9)14-13(15-12)16-5-7-21-8-6-16/h2-4H,5-8H2,1H3. The van der Waals surface area contributed by atoms with Gasteiger partial charge in [-0.15, -0.1) is 0 Å². The van der Waals surface area contributed by atoms with Crippen LogP contribution in [0.1, 0.15) is 0 Å². The maximum absolute atomic E-state index is 11.2. The Morgan fingerprint density at radius 1 is 1.33 bits per heavy atom. The Hall–Kier alpha value is -2.48. The highest BCUT2D eigenvalue weighted by Gasteiger charge is 2.21. The van der Waals surface area contributed by atoms with Crippen molar-refractivity contribution in [1.29, 1.82) is 0 Å². The average Bonchev–Trinajstić information content (AvgIpc) is 2.53. The summed E-state index contributed by atoms with van der Waals surface area (Å²) in [5, 5.41) is 11.7. The van der Waals surface area contributed by atoms with Gasteiger partial charge in [0.2, 0.25) is 11.8 Å². The van der Waals surface area contributed by atoms with Gasteiger partial charge in [0.25, 0.3) is 5.69 Å². The van der Waals surface area contributed by atoms with E-state index in [2.05, 4.69) is 9.97 Å². The first kappa shape index (κ1) is 13.5. The SMILES string of the molecule is COc1nc(N2CCOCC2)nc2c([N+](=O)[O-])cccc12. The molecule has 0 unspecified atom stereocenters. The summed E-state index contributed by atoms with van der Waals surface area (Å²) in [4.78, 5) is 21.4. The number of rotatable bonds is 3. The Balaban J connectivity index is 2.18. The van der Waals surface area contributed by atoms with Crippen molar-refractivity contribution in [2.45, 2.75) is 0 Å². The van der Waals surface area contributed by atoms with E-state index in [-0.39, 0.29) is 11.2 Å². The van der Waals surface area contributed by atoms with Crippen LogP contribution >= 0.6 is 0 Å². The number of ether oxygens (including phenoxy) is 2. The number of methoxy groups -OCH3 is 1. The van der Waals surface area contributed by atoms with Crippen molar-refractivity contribution in [3.05, 3.63) is 28.3 Å². The maximum Gasteiger partial charge on any atom is 0.295 e. The number of nitro benzene ring substituents is 1. The molecule has 0 aliphatic carbocycles. The highest BCUT2D eigenvalue weighted by atomic mass is 16.6. The fraction of sp³-hybridized carbons (Fsp3) is 0.385. The monoisotopic (exact) mass is 290 g/mol. The Labute approximate surface area is 120 Å². The third-order valence-electron chi connectivity index (χ3n) is 3.34. The third kappa shape index (κ3) is 2.45. The minimum Gasteiger partial charge on any atom is -0.480 e.